The molecule has 118 valence electrons. The number of hydrogen-bond donors (Lipinski definition) is 3. The molecule has 8 nitrogen and oxygen atoms in total. The van der Waals surface area contributed by atoms with E-state index in [-0.39, 0.29) is 34.8 Å². The number of anilines is 1. The highest BCUT2D eigenvalue weighted by Crippen LogP contribution is 2.34. The van der Waals surface area contributed by atoms with Crippen molar-refractivity contribution in [3.05, 3.63) is 33.9 Å². The standard InChI is InChI=1S/C14H18N4O4/c1-16-14(20)8-4-2-6-10(8)17-12-9(13(15)19)5-3-7-11(12)18(21)22/h3,5,7-8,10,17H,2,4,6H2,1H3,(H2,15,19)(H,16,20)/t8-,10+/m0/s1. The quantitative estimate of drug-likeness (QED) is 0.553. The average Bonchev–Trinajstić information content (AvgIpc) is 2.94. The maximum absolute atomic E-state index is 11.9. The Kier molecular flexibility index (Phi) is 4.59. The Hall–Kier alpha value is -2.64. The molecule has 0 saturated heterocycles. The molecule has 0 radical (unpaired) electrons. The molecule has 2 rings (SSSR count). The molecule has 0 bridgehead atoms. The van der Waals surface area contributed by atoms with Crippen LogP contribution in [0.15, 0.2) is 18.2 Å². The molecular weight excluding hydrogens is 288 g/mol. The van der Waals surface area contributed by atoms with Crippen molar-refractivity contribution in [1.29, 1.82) is 0 Å². The van der Waals surface area contributed by atoms with Crippen molar-refractivity contribution in [3.63, 3.8) is 0 Å². The predicted octanol–water partition coefficient (Wildman–Crippen LogP) is 1.02. The van der Waals surface area contributed by atoms with E-state index in [9.17, 15) is 19.7 Å². The molecular formula is C14H18N4O4. The molecule has 0 spiro atoms. The number of carbonyl (C=O) groups excluding carboxylic acids is 2. The van der Waals surface area contributed by atoms with Gasteiger partial charge in [0.2, 0.25) is 5.91 Å². The van der Waals surface area contributed by atoms with Gasteiger partial charge < -0.3 is 16.4 Å². The highest BCUT2D eigenvalue weighted by Gasteiger charge is 2.34. The summed E-state index contributed by atoms with van der Waals surface area (Å²) in [7, 11) is 1.55. The van der Waals surface area contributed by atoms with Gasteiger partial charge in [0.1, 0.15) is 5.69 Å². The van der Waals surface area contributed by atoms with E-state index in [1.165, 1.54) is 18.2 Å². The topological polar surface area (TPSA) is 127 Å². The monoisotopic (exact) mass is 306 g/mol. The molecule has 1 fully saturated rings. The van der Waals surface area contributed by atoms with Crippen LogP contribution in [-0.2, 0) is 4.79 Å². The minimum atomic E-state index is -0.749. The Labute approximate surface area is 127 Å². The van der Waals surface area contributed by atoms with Crippen LogP contribution in [0, 0.1) is 16.0 Å². The fourth-order valence-corrected chi connectivity index (χ4v) is 2.87. The first-order chi connectivity index (χ1) is 10.5. The van der Waals surface area contributed by atoms with Crippen LogP contribution in [-0.4, -0.2) is 29.8 Å². The van der Waals surface area contributed by atoms with Gasteiger partial charge in [0, 0.05) is 19.2 Å². The molecule has 1 aliphatic rings. The maximum atomic E-state index is 11.9. The van der Waals surface area contributed by atoms with Crippen molar-refractivity contribution in [2.24, 2.45) is 11.7 Å². The van der Waals surface area contributed by atoms with Crippen molar-refractivity contribution < 1.29 is 14.5 Å². The lowest BCUT2D eigenvalue weighted by atomic mass is 10.0. The first-order valence-corrected chi connectivity index (χ1v) is 7.01. The molecule has 22 heavy (non-hydrogen) atoms. The van der Waals surface area contributed by atoms with Gasteiger partial charge in [-0.15, -0.1) is 0 Å². The van der Waals surface area contributed by atoms with Crippen molar-refractivity contribution in [2.75, 3.05) is 12.4 Å². The molecule has 0 heterocycles. The molecule has 2 atom stereocenters. The molecule has 1 aromatic carbocycles. The molecule has 0 aliphatic heterocycles. The average molecular weight is 306 g/mol. The molecule has 1 aromatic rings. The van der Waals surface area contributed by atoms with Gasteiger partial charge in [0.25, 0.3) is 11.6 Å². The summed E-state index contributed by atoms with van der Waals surface area (Å²) >= 11 is 0. The van der Waals surface area contributed by atoms with Gasteiger partial charge in [-0.1, -0.05) is 12.5 Å². The van der Waals surface area contributed by atoms with Crippen LogP contribution in [0.5, 0.6) is 0 Å². The minimum absolute atomic E-state index is 0.0526. The number of nitrogens with zero attached hydrogens (tertiary/aromatic N) is 1. The number of benzene rings is 1. The van der Waals surface area contributed by atoms with Crippen LogP contribution < -0.4 is 16.4 Å². The van der Waals surface area contributed by atoms with Crippen LogP contribution >= 0.6 is 0 Å². The summed E-state index contributed by atoms with van der Waals surface area (Å²) < 4.78 is 0. The second kappa shape index (κ2) is 6.42. The number of nitrogens with two attached hydrogens (primary N) is 1. The summed E-state index contributed by atoms with van der Waals surface area (Å²) in [4.78, 5) is 34.0. The third kappa shape index (κ3) is 3.00. The van der Waals surface area contributed by atoms with Crippen LogP contribution in [0.1, 0.15) is 29.6 Å². The third-order valence-corrected chi connectivity index (χ3v) is 3.93. The number of hydrogen-bond acceptors (Lipinski definition) is 5. The highest BCUT2D eigenvalue weighted by molar-refractivity contribution is 6.00. The lowest BCUT2D eigenvalue weighted by molar-refractivity contribution is -0.384. The number of primary amides is 1. The molecule has 1 saturated carbocycles. The number of nitro benzene ring substituents is 1. The number of amides is 2. The summed E-state index contributed by atoms with van der Waals surface area (Å²) in [6.07, 6.45) is 2.23. The summed E-state index contributed by atoms with van der Waals surface area (Å²) in [6.45, 7) is 0. The Morgan fingerprint density at radius 1 is 1.36 bits per heavy atom. The van der Waals surface area contributed by atoms with Gasteiger partial charge in [-0.3, -0.25) is 19.7 Å². The van der Waals surface area contributed by atoms with Crippen LogP contribution in [0.3, 0.4) is 0 Å². The Balaban J connectivity index is 2.37. The van der Waals surface area contributed by atoms with Gasteiger partial charge in [-0.25, -0.2) is 0 Å². The number of nitrogens with one attached hydrogen (secondary N) is 2. The van der Waals surface area contributed by atoms with Gasteiger partial charge >= 0.3 is 0 Å². The summed E-state index contributed by atoms with van der Waals surface area (Å²) in [5.41, 5.74) is 5.21. The smallest absolute Gasteiger partial charge is 0.293 e. The zero-order chi connectivity index (χ0) is 16.3. The molecule has 2 amide bonds. The SMILES string of the molecule is CNC(=O)[C@H]1CCC[C@H]1Nc1c(C(N)=O)cccc1[N+](=O)[O-]. The van der Waals surface area contributed by atoms with Gasteiger partial charge in [0.05, 0.1) is 16.4 Å². The lowest BCUT2D eigenvalue weighted by Crippen LogP contribution is -2.36. The maximum Gasteiger partial charge on any atom is 0.293 e. The second-order valence-electron chi connectivity index (χ2n) is 5.22. The first-order valence-electron chi connectivity index (χ1n) is 7.01. The van der Waals surface area contributed by atoms with Crippen LogP contribution in [0.2, 0.25) is 0 Å². The Bertz CT molecular complexity index is 585. The number of rotatable bonds is 5. The van der Waals surface area contributed by atoms with E-state index in [0.717, 1.165) is 6.42 Å². The number of para-hydroxylation sites is 1. The molecule has 8 heteroatoms. The Morgan fingerprint density at radius 3 is 2.68 bits per heavy atom. The fraction of sp³-hybridized carbons (Fsp3) is 0.429. The zero-order valence-corrected chi connectivity index (χ0v) is 12.2. The van der Waals surface area contributed by atoms with Gasteiger partial charge in [0.15, 0.2) is 0 Å². The second-order valence-corrected chi connectivity index (χ2v) is 5.22. The van der Waals surface area contributed by atoms with Crippen molar-refractivity contribution >= 4 is 23.2 Å². The number of carbonyl (C=O) groups is 2. The van der Waals surface area contributed by atoms with Crippen LogP contribution in [0.4, 0.5) is 11.4 Å². The van der Waals surface area contributed by atoms with E-state index in [1.807, 2.05) is 0 Å². The van der Waals surface area contributed by atoms with E-state index in [0.29, 0.717) is 12.8 Å². The zero-order valence-electron chi connectivity index (χ0n) is 12.2. The molecule has 4 N–H and O–H groups in total. The molecule has 0 aromatic heterocycles. The van der Waals surface area contributed by atoms with Crippen molar-refractivity contribution in [2.45, 2.75) is 25.3 Å². The van der Waals surface area contributed by atoms with E-state index >= 15 is 0 Å². The first kappa shape index (κ1) is 15.7. The van der Waals surface area contributed by atoms with Crippen LogP contribution in [0.25, 0.3) is 0 Å². The normalized spacial score (nSPS) is 20.4. The van der Waals surface area contributed by atoms with E-state index in [1.54, 1.807) is 7.05 Å². The predicted molar refractivity (Wildman–Crippen MR) is 80.4 cm³/mol. The lowest BCUT2D eigenvalue weighted by Gasteiger charge is -2.21. The minimum Gasteiger partial charge on any atom is -0.375 e. The number of nitro groups is 1. The fourth-order valence-electron chi connectivity index (χ4n) is 2.87. The van der Waals surface area contributed by atoms with E-state index in [2.05, 4.69) is 10.6 Å². The van der Waals surface area contributed by atoms with Gasteiger partial charge in [-0.2, -0.15) is 0 Å². The van der Waals surface area contributed by atoms with E-state index < -0.39 is 10.8 Å². The summed E-state index contributed by atoms with van der Waals surface area (Å²) in [6, 6.07) is 3.88. The van der Waals surface area contributed by atoms with Gasteiger partial charge in [-0.05, 0) is 18.9 Å². The highest BCUT2D eigenvalue weighted by atomic mass is 16.6. The van der Waals surface area contributed by atoms with E-state index in [4.69, 9.17) is 5.73 Å². The molecule has 0 unspecified atom stereocenters. The van der Waals surface area contributed by atoms with Crippen molar-refractivity contribution in [3.8, 4) is 0 Å². The summed E-state index contributed by atoms with van der Waals surface area (Å²) in [5.74, 6) is -1.15. The summed E-state index contributed by atoms with van der Waals surface area (Å²) in [5, 5.41) is 16.8. The van der Waals surface area contributed by atoms with Crippen molar-refractivity contribution in [1.82, 2.24) is 5.32 Å². The third-order valence-electron chi connectivity index (χ3n) is 3.93. The molecule has 1 aliphatic carbocycles. The Morgan fingerprint density at radius 2 is 2.09 bits per heavy atom. The largest absolute Gasteiger partial charge is 0.375 e.